The molecule has 0 saturated heterocycles. The first-order chi connectivity index (χ1) is 9.83. The zero-order valence-electron chi connectivity index (χ0n) is 12.8. The Bertz CT molecular complexity index is 628. The van der Waals surface area contributed by atoms with Crippen molar-refractivity contribution in [3.8, 4) is 0 Å². The second-order valence-corrected chi connectivity index (χ2v) is 5.93. The number of nitrogens with zero attached hydrogens (tertiary/aromatic N) is 1. The first kappa shape index (κ1) is 15.0. The zero-order valence-corrected chi connectivity index (χ0v) is 12.8. The van der Waals surface area contributed by atoms with Crippen molar-refractivity contribution >= 4 is 17.5 Å². The van der Waals surface area contributed by atoms with E-state index in [9.17, 15) is 4.79 Å². The topological polar surface area (TPSA) is 51.2 Å². The highest BCUT2D eigenvalue weighted by Gasteiger charge is 2.17. The van der Waals surface area contributed by atoms with Gasteiger partial charge < -0.3 is 10.1 Å². The highest BCUT2D eigenvalue weighted by molar-refractivity contribution is 5.91. The van der Waals surface area contributed by atoms with Gasteiger partial charge in [-0.05, 0) is 57.5 Å². The molecule has 1 N–H and O–H groups in total. The molecular weight excluding hydrogens is 264 g/mol. The predicted molar refractivity (Wildman–Crippen MR) is 83.9 cm³/mol. The minimum absolute atomic E-state index is 0.331. The van der Waals surface area contributed by atoms with Crippen molar-refractivity contribution in [2.45, 2.75) is 33.3 Å². The molecule has 2 aromatic rings. The molecule has 0 amide bonds. The molecular formula is C17H20N2O2. The fourth-order valence-electron chi connectivity index (χ4n) is 1.75. The van der Waals surface area contributed by atoms with Crippen molar-refractivity contribution in [2.24, 2.45) is 0 Å². The van der Waals surface area contributed by atoms with Crippen LogP contribution in [0.1, 0.15) is 36.7 Å². The standard InChI is InChI=1S/C17H20N2O2/c1-12-8-9-15(18-11-12)19-14-7-5-6-13(10-14)16(20)21-17(2,3)4/h5-11H,1-4H3,(H,18,19). The molecule has 0 fully saturated rings. The number of rotatable bonds is 3. The highest BCUT2D eigenvalue weighted by Crippen LogP contribution is 2.18. The van der Waals surface area contributed by atoms with Gasteiger partial charge in [-0.3, -0.25) is 0 Å². The molecule has 4 heteroatoms. The third-order valence-electron chi connectivity index (χ3n) is 2.68. The monoisotopic (exact) mass is 284 g/mol. The van der Waals surface area contributed by atoms with Crippen molar-refractivity contribution in [3.05, 3.63) is 53.7 Å². The third-order valence-corrected chi connectivity index (χ3v) is 2.68. The van der Waals surface area contributed by atoms with Gasteiger partial charge in [0.1, 0.15) is 11.4 Å². The van der Waals surface area contributed by atoms with E-state index in [4.69, 9.17) is 4.74 Å². The number of esters is 1. The van der Waals surface area contributed by atoms with Crippen molar-refractivity contribution in [1.29, 1.82) is 0 Å². The fraction of sp³-hybridized carbons (Fsp3) is 0.294. The molecule has 1 heterocycles. The van der Waals surface area contributed by atoms with E-state index in [1.165, 1.54) is 0 Å². The van der Waals surface area contributed by atoms with Crippen molar-refractivity contribution in [1.82, 2.24) is 4.98 Å². The summed E-state index contributed by atoms with van der Waals surface area (Å²) in [4.78, 5) is 16.3. The Kier molecular flexibility index (Phi) is 4.26. The maximum absolute atomic E-state index is 12.0. The number of anilines is 2. The largest absolute Gasteiger partial charge is 0.456 e. The van der Waals surface area contributed by atoms with Crippen molar-refractivity contribution in [2.75, 3.05) is 5.32 Å². The maximum Gasteiger partial charge on any atom is 0.338 e. The van der Waals surface area contributed by atoms with Gasteiger partial charge in [0, 0.05) is 11.9 Å². The van der Waals surface area contributed by atoms with E-state index in [1.54, 1.807) is 18.3 Å². The number of nitrogens with one attached hydrogen (secondary N) is 1. The Labute approximate surface area is 125 Å². The second kappa shape index (κ2) is 5.95. The molecule has 110 valence electrons. The summed E-state index contributed by atoms with van der Waals surface area (Å²) in [6.07, 6.45) is 1.79. The number of pyridine rings is 1. The molecule has 0 atom stereocenters. The van der Waals surface area contributed by atoms with Crippen LogP contribution in [0.4, 0.5) is 11.5 Å². The van der Waals surface area contributed by atoms with Gasteiger partial charge in [0.15, 0.2) is 0 Å². The Balaban J connectivity index is 2.14. The lowest BCUT2D eigenvalue weighted by Crippen LogP contribution is -2.23. The van der Waals surface area contributed by atoms with Crippen LogP contribution in [0.25, 0.3) is 0 Å². The predicted octanol–water partition coefficient (Wildman–Crippen LogP) is 4.09. The first-order valence-corrected chi connectivity index (χ1v) is 6.86. The van der Waals surface area contributed by atoms with Crippen LogP contribution in [0, 0.1) is 6.92 Å². The van der Waals surface area contributed by atoms with Crippen LogP contribution >= 0.6 is 0 Å². The van der Waals surface area contributed by atoms with E-state index in [1.807, 2.05) is 52.0 Å². The quantitative estimate of drug-likeness (QED) is 0.862. The van der Waals surface area contributed by atoms with Crippen LogP contribution in [0.3, 0.4) is 0 Å². The molecule has 0 aliphatic carbocycles. The van der Waals surface area contributed by atoms with Crippen molar-refractivity contribution < 1.29 is 9.53 Å². The van der Waals surface area contributed by atoms with Crippen LogP contribution < -0.4 is 5.32 Å². The van der Waals surface area contributed by atoms with Crippen LogP contribution in [0.5, 0.6) is 0 Å². The van der Waals surface area contributed by atoms with Gasteiger partial charge >= 0.3 is 5.97 Å². The molecule has 2 rings (SSSR count). The molecule has 1 aromatic heterocycles. The summed E-state index contributed by atoms with van der Waals surface area (Å²) in [6, 6.07) is 11.1. The van der Waals surface area contributed by atoms with Crippen molar-refractivity contribution in [3.63, 3.8) is 0 Å². The van der Waals surface area contributed by atoms with E-state index in [-0.39, 0.29) is 5.97 Å². The normalized spacial score (nSPS) is 11.0. The van der Waals surface area contributed by atoms with Gasteiger partial charge in [0.25, 0.3) is 0 Å². The molecule has 0 radical (unpaired) electrons. The van der Waals surface area contributed by atoms with E-state index in [0.717, 1.165) is 17.1 Å². The van der Waals surface area contributed by atoms with Gasteiger partial charge in [-0.25, -0.2) is 9.78 Å². The number of aryl methyl sites for hydroxylation is 1. The lowest BCUT2D eigenvalue weighted by Gasteiger charge is -2.19. The SMILES string of the molecule is Cc1ccc(Nc2cccc(C(=O)OC(C)(C)C)c2)nc1. The van der Waals surface area contributed by atoms with Crippen LogP contribution in [-0.2, 0) is 4.74 Å². The molecule has 0 aliphatic rings. The molecule has 4 nitrogen and oxygen atoms in total. The Morgan fingerprint density at radius 1 is 1.19 bits per heavy atom. The third kappa shape index (κ3) is 4.60. The minimum atomic E-state index is -0.501. The Hall–Kier alpha value is -2.36. The summed E-state index contributed by atoms with van der Waals surface area (Å²) >= 11 is 0. The summed E-state index contributed by atoms with van der Waals surface area (Å²) in [5, 5.41) is 3.17. The summed E-state index contributed by atoms with van der Waals surface area (Å²) in [5.74, 6) is 0.407. The van der Waals surface area contributed by atoms with E-state index < -0.39 is 5.60 Å². The Morgan fingerprint density at radius 3 is 2.57 bits per heavy atom. The summed E-state index contributed by atoms with van der Waals surface area (Å²) in [5.41, 5.74) is 1.92. The number of hydrogen-bond donors (Lipinski definition) is 1. The van der Waals surface area contributed by atoms with Gasteiger partial charge in [-0.2, -0.15) is 0 Å². The van der Waals surface area contributed by atoms with E-state index >= 15 is 0 Å². The van der Waals surface area contributed by atoms with E-state index in [0.29, 0.717) is 5.56 Å². The Morgan fingerprint density at radius 2 is 1.95 bits per heavy atom. The molecule has 21 heavy (non-hydrogen) atoms. The minimum Gasteiger partial charge on any atom is -0.456 e. The van der Waals surface area contributed by atoms with Gasteiger partial charge in [0.2, 0.25) is 0 Å². The maximum atomic E-state index is 12.0. The van der Waals surface area contributed by atoms with E-state index in [2.05, 4.69) is 10.3 Å². The molecule has 0 aliphatic heterocycles. The average molecular weight is 284 g/mol. The average Bonchev–Trinajstić information content (AvgIpc) is 2.40. The smallest absolute Gasteiger partial charge is 0.338 e. The zero-order chi connectivity index (χ0) is 15.5. The lowest BCUT2D eigenvalue weighted by atomic mass is 10.1. The first-order valence-electron chi connectivity index (χ1n) is 6.86. The molecule has 0 unspecified atom stereocenters. The molecule has 0 spiro atoms. The molecule has 1 aromatic carbocycles. The molecule has 0 saturated carbocycles. The van der Waals surface area contributed by atoms with Gasteiger partial charge in [-0.15, -0.1) is 0 Å². The summed E-state index contributed by atoms with van der Waals surface area (Å²) in [6.45, 7) is 7.54. The van der Waals surface area contributed by atoms with Crippen LogP contribution in [-0.4, -0.2) is 16.6 Å². The second-order valence-electron chi connectivity index (χ2n) is 5.93. The number of carbonyl (C=O) groups excluding carboxylic acids is 1. The number of ether oxygens (including phenoxy) is 1. The number of hydrogen-bond acceptors (Lipinski definition) is 4. The molecule has 0 bridgehead atoms. The fourth-order valence-corrected chi connectivity index (χ4v) is 1.75. The highest BCUT2D eigenvalue weighted by atomic mass is 16.6. The van der Waals surface area contributed by atoms with Gasteiger partial charge in [0.05, 0.1) is 5.56 Å². The number of benzene rings is 1. The number of aromatic nitrogens is 1. The summed E-state index contributed by atoms with van der Waals surface area (Å²) in [7, 11) is 0. The summed E-state index contributed by atoms with van der Waals surface area (Å²) < 4.78 is 5.36. The van der Waals surface area contributed by atoms with Crippen LogP contribution in [0.2, 0.25) is 0 Å². The van der Waals surface area contributed by atoms with Gasteiger partial charge in [-0.1, -0.05) is 12.1 Å². The lowest BCUT2D eigenvalue weighted by molar-refractivity contribution is 0.00696. The number of carbonyl (C=O) groups is 1. The van der Waals surface area contributed by atoms with Crippen LogP contribution in [0.15, 0.2) is 42.6 Å².